The summed E-state index contributed by atoms with van der Waals surface area (Å²) in [5.41, 5.74) is -1.32. The number of anilines is 1. The summed E-state index contributed by atoms with van der Waals surface area (Å²) >= 11 is 0. The van der Waals surface area contributed by atoms with Gasteiger partial charge in [0.2, 0.25) is 0 Å². The van der Waals surface area contributed by atoms with Crippen molar-refractivity contribution in [3.63, 3.8) is 0 Å². The number of carbonyl (C=O) groups excluding carboxylic acids is 1. The van der Waals surface area contributed by atoms with E-state index in [1.54, 1.807) is 20.8 Å². The Labute approximate surface area is 134 Å². The summed E-state index contributed by atoms with van der Waals surface area (Å²) in [4.78, 5) is 22.7. The molecule has 0 fully saturated rings. The first-order chi connectivity index (χ1) is 10.3. The second kappa shape index (κ2) is 6.45. The van der Waals surface area contributed by atoms with E-state index in [1.165, 1.54) is 32.0 Å². The Bertz CT molecular complexity index is 603. The third-order valence-corrected chi connectivity index (χ3v) is 3.25. The lowest BCUT2D eigenvalue weighted by molar-refractivity contribution is -0.150. The van der Waals surface area contributed by atoms with Crippen molar-refractivity contribution in [1.82, 2.24) is 0 Å². The van der Waals surface area contributed by atoms with Gasteiger partial charge in [0.1, 0.15) is 11.4 Å². The van der Waals surface area contributed by atoms with Crippen molar-refractivity contribution in [3.8, 4) is 5.75 Å². The molecule has 0 radical (unpaired) electrons. The number of amides is 1. The van der Waals surface area contributed by atoms with Crippen LogP contribution in [0.15, 0.2) is 18.2 Å². The molecule has 1 rings (SSSR count). The number of aliphatic hydroxyl groups excluding tert-OH is 1. The Morgan fingerprint density at radius 3 is 2.17 bits per heavy atom. The highest BCUT2D eigenvalue weighted by atomic mass is 16.6. The molecule has 0 saturated carbocycles. The van der Waals surface area contributed by atoms with Gasteiger partial charge in [-0.05, 0) is 26.8 Å². The minimum atomic E-state index is -1.68. The second-order valence-electron chi connectivity index (χ2n) is 6.82. The molecular weight excluding hydrogens is 302 g/mol. The molecule has 0 spiro atoms. The van der Waals surface area contributed by atoms with Crippen LogP contribution in [0.4, 0.5) is 10.5 Å². The average molecular weight is 325 g/mol. The van der Waals surface area contributed by atoms with Crippen LogP contribution in [0.1, 0.15) is 40.2 Å². The van der Waals surface area contributed by atoms with E-state index < -0.39 is 29.2 Å². The fourth-order valence-electron chi connectivity index (χ4n) is 2.03. The maximum absolute atomic E-state index is 11.7. The molecule has 23 heavy (non-hydrogen) atoms. The number of carbonyl (C=O) groups is 2. The lowest BCUT2D eigenvalue weighted by Gasteiger charge is -2.29. The van der Waals surface area contributed by atoms with Crippen LogP contribution in [0.2, 0.25) is 0 Å². The number of aliphatic hydroxyl groups is 1. The minimum absolute atomic E-state index is 0.233. The smallest absolute Gasteiger partial charge is 0.412 e. The molecule has 1 unspecified atom stereocenters. The first-order valence-electron chi connectivity index (χ1n) is 7.09. The molecule has 0 aromatic heterocycles. The zero-order chi connectivity index (χ0) is 18.0. The van der Waals surface area contributed by atoms with Crippen molar-refractivity contribution in [2.24, 2.45) is 0 Å². The predicted molar refractivity (Wildman–Crippen MR) is 84.6 cm³/mol. The molecule has 1 aromatic carbocycles. The topological polar surface area (TPSA) is 116 Å². The van der Waals surface area contributed by atoms with E-state index in [4.69, 9.17) is 9.84 Å². The van der Waals surface area contributed by atoms with Crippen molar-refractivity contribution >= 4 is 17.7 Å². The SMILES string of the molecule is CC(C)(C)OC(=O)Nc1ccc(C(C)(C)C(O)C(=O)O)c(O)c1. The average Bonchev–Trinajstić information content (AvgIpc) is 2.34. The van der Waals surface area contributed by atoms with E-state index in [1.807, 2.05) is 0 Å². The maximum Gasteiger partial charge on any atom is 0.412 e. The van der Waals surface area contributed by atoms with Crippen molar-refractivity contribution in [1.29, 1.82) is 0 Å². The summed E-state index contributed by atoms with van der Waals surface area (Å²) in [5, 5.41) is 31.3. The molecule has 1 atom stereocenters. The molecule has 0 aliphatic rings. The van der Waals surface area contributed by atoms with Gasteiger partial charge < -0.3 is 20.1 Å². The van der Waals surface area contributed by atoms with E-state index in [9.17, 15) is 19.8 Å². The van der Waals surface area contributed by atoms with Gasteiger partial charge >= 0.3 is 12.1 Å². The Hall–Kier alpha value is -2.28. The number of hydrogen-bond acceptors (Lipinski definition) is 5. The number of carboxylic acid groups (broad SMARTS) is 1. The second-order valence-corrected chi connectivity index (χ2v) is 6.82. The molecule has 4 N–H and O–H groups in total. The quantitative estimate of drug-likeness (QED) is 0.676. The Balaban J connectivity index is 2.99. The number of carboxylic acids is 1. The van der Waals surface area contributed by atoms with Crippen LogP contribution in [-0.4, -0.2) is 39.1 Å². The monoisotopic (exact) mass is 325 g/mol. The van der Waals surface area contributed by atoms with Gasteiger partial charge in [0.05, 0.1) is 0 Å². The zero-order valence-electron chi connectivity index (χ0n) is 13.9. The predicted octanol–water partition coefficient (Wildman–Crippen LogP) is 2.46. The highest BCUT2D eigenvalue weighted by molar-refractivity contribution is 5.85. The van der Waals surface area contributed by atoms with E-state index >= 15 is 0 Å². The Morgan fingerprint density at radius 2 is 1.74 bits per heavy atom. The molecule has 0 aliphatic heterocycles. The normalized spacial score (nSPS) is 13.3. The Morgan fingerprint density at radius 1 is 1.17 bits per heavy atom. The molecular formula is C16H23NO6. The first-order valence-corrected chi connectivity index (χ1v) is 7.09. The third kappa shape index (κ3) is 4.85. The number of nitrogens with one attached hydrogen (secondary N) is 1. The zero-order valence-corrected chi connectivity index (χ0v) is 13.9. The van der Waals surface area contributed by atoms with E-state index in [-0.39, 0.29) is 11.3 Å². The number of aliphatic carboxylic acids is 1. The molecule has 128 valence electrons. The van der Waals surface area contributed by atoms with Gasteiger partial charge in [0, 0.05) is 22.7 Å². The molecule has 0 saturated heterocycles. The highest BCUT2D eigenvalue weighted by Gasteiger charge is 2.37. The molecule has 0 heterocycles. The molecule has 0 bridgehead atoms. The molecule has 1 amide bonds. The molecule has 7 nitrogen and oxygen atoms in total. The van der Waals surface area contributed by atoms with Gasteiger partial charge in [-0.15, -0.1) is 0 Å². The highest BCUT2D eigenvalue weighted by Crippen LogP contribution is 2.35. The summed E-state index contributed by atoms with van der Waals surface area (Å²) in [6, 6.07) is 4.22. The molecule has 0 aliphatic carbocycles. The molecule has 1 aromatic rings. The largest absolute Gasteiger partial charge is 0.508 e. The number of ether oxygens (including phenoxy) is 1. The number of benzene rings is 1. The van der Waals surface area contributed by atoms with Gasteiger partial charge in [0.15, 0.2) is 6.10 Å². The van der Waals surface area contributed by atoms with E-state index in [2.05, 4.69) is 5.32 Å². The van der Waals surface area contributed by atoms with Crippen LogP contribution in [0.5, 0.6) is 5.75 Å². The van der Waals surface area contributed by atoms with Crippen LogP contribution in [-0.2, 0) is 14.9 Å². The van der Waals surface area contributed by atoms with Crippen molar-refractivity contribution in [2.45, 2.75) is 51.7 Å². The summed E-state index contributed by atoms with van der Waals surface area (Å²) in [5.74, 6) is -1.62. The summed E-state index contributed by atoms with van der Waals surface area (Å²) in [6.45, 7) is 8.18. The van der Waals surface area contributed by atoms with Crippen LogP contribution in [0, 0.1) is 0 Å². The maximum atomic E-state index is 11.7. The third-order valence-electron chi connectivity index (χ3n) is 3.25. The summed E-state index contributed by atoms with van der Waals surface area (Å²) in [7, 11) is 0. The lowest BCUT2D eigenvalue weighted by Crippen LogP contribution is -2.39. The number of rotatable bonds is 4. The fraction of sp³-hybridized carbons (Fsp3) is 0.500. The minimum Gasteiger partial charge on any atom is -0.508 e. The van der Waals surface area contributed by atoms with Crippen LogP contribution < -0.4 is 5.32 Å². The van der Waals surface area contributed by atoms with Crippen LogP contribution in [0.25, 0.3) is 0 Å². The summed E-state index contributed by atoms with van der Waals surface area (Å²) < 4.78 is 5.10. The number of hydrogen-bond donors (Lipinski definition) is 4. The van der Waals surface area contributed by atoms with Gasteiger partial charge in [-0.3, -0.25) is 5.32 Å². The van der Waals surface area contributed by atoms with E-state index in [0.29, 0.717) is 5.69 Å². The van der Waals surface area contributed by atoms with E-state index in [0.717, 1.165) is 0 Å². The Kier molecular flexibility index (Phi) is 5.27. The first kappa shape index (κ1) is 18.8. The fourth-order valence-corrected chi connectivity index (χ4v) is 2.03. The van der Waals surface area contributed by atoms with Crippen molar-refractivity contribution in [2.75, 3.05) is 5.32 Å². The number of phenols is 1. The van der Waals surface area contributed by atoms with Crippen LogP contribution in [0.3, 0.4) is 0 Å². The van der Waals surface area contributed by atoms with Crippen molar-refractivity contribution < 1.29 is 29.6 Å². The van der Waals surface area contributed by atoms with Gasteiger partial charge in [-0.2, -0.15) is 0 Å². The van der Waals surface area contributed by atoms with Gasteiger partial charge in [-0.1, -0.05) is 19.9 Å². The molecule has 7 heteroatoms. The number of aromatic hydroxyl groups is 1. The van der Waals surface area contributed by atoms with Gasteiger partial charge in [0.25, 0.3) is 0 Å². The van der Waals surface area contributed by atoms with Crippen LogP contribution >= 0.6 is 0 Å². The standard InChI is InChI=1S/C16H23NO6/c1-15(2,3)23-14(22)17-9-6-7-10(11(18)8-9)16(4,5)12(19)13(20)21/h6-8,12,18-19H,1-5H3,(H,17,22)(H,20,21). The number of phenolic OH excluding ortho intramolecular Hbond substituents is 1. The van der Waals surface area contributed by atoms with Crippen molar-refractivity contribution in [3.05, 3.63) is 23.8 Å². The van der Waals surface area contributed by atoms with Gasteiger partial charge in [-0.25, -0.2) is 9.59 Å². The lowest BCUT2D eigenvalue weighted by atomic mass is 9.78. The summed E-state index contributed by atoms with van der Waals surface area (Å²) in [6.07, 6.45) is -2.35.